The van der Waals surface area contributed by atoms with E-state index in [0.717, 1.165) is 0 Å². The number of anilines is 1. The summed E-state index contributed by atoms with van der Waals surface area (Å²) in [5.74, 6) is -0.260. The average molecular weight is 394 g/mol. The number of nitrogens with one attached hydrogen (secondary N) is 1. The molecule has 0 aliphatic heterocycles. The lowest BCUT2D eigenvalue weighted by molar-refractivity contribution is -0.118. The van der Waals surface area contributed by atoms with Gasteiger partial charge in [-0.2, -0.15) is 0 Å². The first kappa shape index (κ1) is 18.3. The highest BCUT2D eigenvalue weighted by molar-refractivity contribution is 7.99. The van der Waals surface area contributed by atoms with E-state index >= 15 is 0 Å². The second-order valence-electron chi connectivity index (χ2n) is 5.39. The molecule has 0 saturated carbocycles. The van der Waals surface area contributed by atoms with E-state index in [-0.39, 0.29) is 23.9 Å². The fourth-order valence-corrected chi connectivity index (χ4v) is 3.80. The Balaban J connectivity index is 1.57. The zero-order chi connectivity index (χ0) is 18.7. The number of nitrogens with zero attached hydrogens (tertiary/aromatic N) is 4. The number of halogens is 1. The van der Waals surface area contributed by atoms with Gasteiger partial charge in [0.15, 0.2) is 10.3 Å². The summed E-state index contributed by atoms with van der Waals surface area (Å²) in [4.78, 5) is 27.2. The molecule has 1 aromatic carbocycles. The Labute approximate surface area is 156 Å². The van der Waals surface area contributed by atoms with Crippen LogP contribution in [0.1, 0.15) is 12.2 Å². The average Bonchev–Trinajstić information content (AvgIpc) is 3.13. The number of primary amides is 1. The van der Waals surface area contributed by atoms with Crippen LogP contribution in [0.15, 0.2) is 23.4 Å². The Morgan fingerprint density at radius 1 is 1.38 bits per heavy atom. The van der Waals surface area contributed by atoms with Gasteiger partial charge in [0.05, 0.1) is 16.0 Å². The smallest absolute Gasteiger partial charge is 0.236 e. The normalized spacial score (nSPS) is 11.0. The zero-order valence-electron chi connectivity index (χ0n) is 13.7. The summed E-state index contributed by atoms with van der Waals surface area (Å²) >= 11 is 2.43. The van der Waals surface area contributed by atoms with Crippen molar-refractivity contribution in [2.75, 3.05) is 11.1 Å². The van der Waals surface area contributed by atoms with Crippen molar-refractivity contribution in [1.29, 1.82) is 0 Å². The summed E-state index contributed by atoms with van der Waals surface area (Å²) in [7, 11) is 1.76. The number of amides is 2. The molecule has 0 unspecified atom stereocenters. The lowest BCUT2D eigenvalue weighted by Gasteiger charge is -2.03. The summed E-state index contributed by atoms with van der Waals surface area (Å²) in [5, 5.41) is 11.7. The molecule has 0 radical (unpaired) electrons. The number of aromatic nitrogens is 4. The van der Waals surface area contributed by atoms with Crippen LogP contribution >= 0.6 is 23.1 Å². The molecule has 3 aromatic rings. The van der Waals surface area contributed by atoms with Gasteiger partial charge in [0.1, 0.15) is 11.6 Å². The maximum atomic E-state index is 13.2. The summed E-state index contributed by atoms with van der Waals surface area (Å²) in [6, 6.07) is 4.27. The summed E-state index contributed by atoms with van der Waals surface area (Å²) in [5.41, 5.74) is 5.76. The van der Waals surface area contributed by atoms with Crippen LogP contribution in [0.25, 0.3) is 10.2 Å². The van der Waals surface area contributed by atoms with Gasteiger partial charge in [0, 0.05) is 19.9 Å². The Hall–Kier alpha value is -2.53. The number of aryl methyl sites for hydroxylation is 1. The van der Waals surface area contributed by atoms with E-state index < -0.39 is 5.91 Å². The van der Waals surface area contributed by atoms with Crippen molar-refractivity contribution in [2.24, 2.45) is 12.8 Å². The van der Waals surface area contributed by atoms with E-state index in [0.29, 0.717) is 32.7 Å². The highest BCUT2D eigenvalue weighted by Gasteiger charge is 2.13. The molecular formula is C15H15FN6O2S2. The molecule has 0 spiro atoms. The minimum atomic E-state index is -0.405. The van der Waals surface area contributed by atoms with Crippen molar-refractivity contribution in [1.82, 2.24) is 19.7 Å². The topological polar surface area (TPSA) is 116 Å². The predicted octanol–water partition coefficient (Wildman–Crippen LogP) is 1.71. The van der Waals surface area contributed by atoms with Crippen LogP contribution in [-0.2, 0) is 23.1 Å². The molecule has 3 rings (SSSR count). The van der Waals surface area contributed by atoms with Gasteiger partial charge < -0.3 is 15.6 Å². The molecule has 0 aliphatic carbocycles. The Morgan fingerprint density at radius 3 is 2.96 bits per heavy atom. The van der Waals surface area contributed by atoms with Crippen LogP contribution in [0.2, 0.25) is 0 Å². The molecule has 0 bridgehead atoms. The van der Waals surface area contributed by atoms with Crippen molar-refractivity contribution in [3.63, 3.8) is 0 Å². The molecule has 0 fully saturated rings. The van der Waals surface area contributed by atoms with Crippen molar-refractivity contribution in [3.05, 3.63) is 29.8 Å². The fourth-order valence-electron chi connectivity index (χ4n) is 2.16. The van der Waals surface area contributed by atoms with E-state index in [1.807, 2.05) is 0 Å². The first-order valence-electron chi connectivity index (χ1n) is 7.57. The number of rotatable bonds is 7. The van der Waals surface area contributed by atoms with Crippen molar-refractivity contribution in [2.45, 2.75) is 18.0 Å². The largest absolute Gasteiger partial charge is 0.370 e. The number of carbonyl (C=O) groups is 2. The van der Waals surface area contributed by atoms with Crippen molar-refractivity contribution >= 4 is 50.3 Å². The zero-order valence-corrected chi connectivity index (χ0v) is 15.4. The molecule has 136 valence electrons. The van der Waals surface area contributed by atoms with Gasteiger partial charge in [-0.15, -0.1) is 10.2 Å². The van der Waals surface area contributed by atoms with Crippen molar-refractivity contribution < 1.29 is 14.0 Å². The lowest BCUT2D eigenvalue weighted by Crippen LogP contribution is -2.14. The third-order valence-electron chi connectivity index (χ3n) is 3.45. The quantitative estimate of drug-likeness (QED) is 0.590. The van der Waals surface area contributed by atoms with Gasteiger partial charge in [-0.25, -0.2) is 9.37 Å². The number of nitrogens with two attached hydrogens (primary N) is 1. The van der Waals surface area contributed by atoms with Gasteiger partial charge in [-0.05, 0) is 18.2 Å². The van der Waals surface area contributed by atoms with Gasteiger partial charge in [-0.1, -0.05) is 23.1 Å². The van der Waals surface area contributed by atoms with Crippen LogP contribution in [0.4, 0.5) is 9.52 Å². The molecule has 0 saturated heterocycles. The SMILES string of the molecule is Cn1c(CCC(N)=O)nnc1SCC(=O)Nc1nc2ccc(F)cc2s1. The standard InChI is InChI=1S/C15H15FN6O2S2/c1-22-12(5-4-11(17)23)20-21-15(22)25-7-13(24)19-14-18-9-3-2-8(16)6-10(9)26-14/h2-3,6H,4-5,7H2,1H3,(H2,17,23)(H,18,19,24). The van der Waals surface area contributed by atoms with Crippen LogP contribution in [0, 0.1) is 5.82 Å². The van der Waals surface area contributed by atoms with Gasteiger partial charge in [0.25, 0.3) is 0 Å². The van der Waals surface area contributed by atoms with E-state index in [1.54, 1.807) is 17.7 Å². The molecule has 0 atom stereocenters. The number of carbonyl (C=O) groups excluding carboxylic acids is 2. The van der Waals surface area contributed by atoms with Crippen LogP contribution in [0.3, 0.4) is 0 Å². The van der Waals surface area contributed by atoms with Gasteiger partial charge in [-0.3, -0.25) is 9.59 Å². The minimum absolute atomic E-state index is 0.117. The number of hydrogen-bond acceptors (Lipinski definition) is 7. The summed E-state index contributed by atoms with van der Waals surface area (Å²) < 4.78 is 15.6. The van der Waals surface area contributed by atoms with Crippen LogP contribution < -0.4 is 11.1 Å². The number of thiazole rings is 1. The second kappa shape index (κ2) is 7.79. The van der Waals surface area contributed by atoms with Gasteiger partial charge >= 0.3 is 0 Å². The molecule has 11 heteroatoms. The Kier molecular flexibility index (Phi) is 5.47. The van der Waals surface area contributed by atoms with E-state index in [1.165, 1.54) is 35.2 Å². The lowest BCUT2D eigenvalue weighted by atomic mass is 10.3. The fraction of sp³-hybridized carbons (Fsp3) is 0.267. The predicted molar refractivity (Wildman–Crippen MR) is 97.5 cm³/mol. The molecule has 0 aliphatic rings. The Morgan fingerprint density at radius 2 is 2.19 bits per heavy atom. The summed E-state index contributed by atoms with van der Waals surface area (Å²) in [6.45, 7) is 0. The highest BCUT2D eigenvalue weighted by atomic mass is 32.2. The van der Waals surface area contributed by atoms with Crippen LogP contribution in [0.5, 0.6) is 0 Å². The first-order valence-corrected chi connectivity index (χ1v) is 9.38. The third-order valence-corrected chi connectivity index (χ3v) is 5.40. The monoisotopic (exact) mass is 394 g/mol. The summed E-state index contributed by atoms with van der Waals surface area (Å²) in [6.07, 6.45) is 0.586. The maximum Gasteiger partial charge on any atom is 0.236 e. The number of thioether (sulfide) groups is 1. The molecule has 8 nitrogen and oxygen atoms in total. The number of benzene rings is 1. The number of hydrogen-bond donors (Lipinski definition) is 2. The Bertz CT molecular complexity index is 970. The molecule has 26 heavy (non-hydrogen) atoms. The maximum absolute atomic E-state index is 13.2. The van der Waals surface area contributed by atoms with Crippen molar-refractivity contribution in [3.8, 4) is 0 Å². The molecule has 2 heterocycles. The van der Waals surface area contributed by atoms with E-state index in [9.17, 15) is 14.0 Å². The molecule has 2 amide bonds. The van der Waals surface area contributed by atoms with E-state index in [4.69, 9.17) is 5.73 Å². The highest BCUT2D eigenvalue weighted by Crippen LogP contribution is 2.26. The van der Waals surface area contributed by atoms with Gasteiger partial charge in [0.2, 0.25) is 11.8 Å². The molecule has 2 aromatic heterocycles. The molecular weight excluding hydrogens is 379 g/mol. The third kappa shape index (κ3) is 4.35. The first-order chi connectivity index (χ1) is 12.4. The van der Waals surface area contributed by atoms with Crippen LogP contribution in [-0.4, -0.2) is 37.3 Å². The minimum Gasteiger partial charge on any atom is -0.370 e. The molecule has 3 N–H and O–H groups in total. The van der Waals surface area contributed by atoms with E-state index in [2.05, 4.69) is 20.5 Å². The number of fused-ring (bicyclic) bond motifs is 1. The second-order valence-corrected chi connectivity index (χ2v) is 7.37.